The standard InChI is InChI=1S/C14H14N2O2/c17-12-6-14(18)16(9-12)8-11-3-1-2-10-7-15-5-4-13(10)11/h1-5,7,12,17H,6,8-9H2. The van der Waals surface area contributed by atoms with Crippen LogP contribution in [0.15, 0.2) is 36.7 Å². The summed E-state index contributed by atoms with van der Waals surface area (Å²) in [5.41, 5.74) is 1.09. The van der Waals surface area contributed by atoms with Crippen molar-refractivity contribution in [2.24, 2.45) is 0 Å². The fraction of sp³-hybridized carbons (Fsp3) is 0.286. The fourth-order valence-electron chi connectivity index (χ4n) is 2.44. The Hall–Kier alpha value is -1.94. The van der Waals surface area contributed by atoms with E-state index in [1.807, 2.05) is 30.5 Å². The number of carbonyl (C=O) groups excluding carboxylic acids is 1. The number of benzene rings is 1. The first kappa shape index (κ1) is 11.2. The maximum atomic E-state index is 11.7. The number of hydrogen-bond acceptors (Lipinski definition) is 3. The molecule has 1 unspecified atom stereocenters. The molecule has 0 aliphatic carbocycles. The number of aliphatic hydroxyl groups excluding tert-OH is 1. The predicted octanol–water partition coefficient (Wildman–Crippen LogP) is 1.33. The lowest BCUT2D eigenvalue weighted by Gasteiger charge is -2.17. The number of aromatic nitrogens is 1. The van der Waals surface area contributed by atoms with Gasteiger partial charge in [0, 0.05) is 30.9 Å². The molecule has 1 aliphatic heterocycles. The second-order valence-corrected chi connectivity index (χ2v) is 4.65. The molecule has 0 radical (unpaired) electrons. The van der Waals surface area contributed by atoms with E-state index in [-0.39, 0.29) is 12.3 Å². The van der Waals surface area contributed by atoms with Crippen molar-refractivity contribution in [2.75, 3.05) is 6.54 Å². The van der Waals surface area contributed by atoms with Gasteiger partial charge >= 0.3 is 0 Å². The van der Waals surface area contributed by atoms with Crippen LogP contribution in [0.4, 0.5) is 0 Å². The summed E-state index contributed by atoms with van der Waals surface area (Å²) in [7, 11) is 0. The fourth-order valence-corrected chi connectivity index (χ4v) is 2.44. The minimum atomic E-state index is -0.519. The van der Waals surface area contributed by atoms with Gasteiger partial charge in [-0.1, -0.05) is 18.2 Å². The Morgan fingerprint density at radius 1 is 1.39 bits per heavy atom. The average Bonchev–Trinajstić information content (AvgIpc) is 2.68. The molecule has 2 aromatic rings. The van der Waals surface area contributed by atoms with Crippen LogP contribution in [-0.2, 0) is 11.3 Å². The number of hydrogen-bond donors (Lipinski definition) is 1. The molecule has 1 aliphatic rings. The first-order chi connectivity index (χ1) is 8.74. The van der Waals surface area contributed by atoms with E-state index in [1.165, 1.54) is 0 Å². The number of amides is 1. The predicted molar refractivity (Wildman–Crippen MR) is 67.8 cm³/mol. The molecule has 3 rings (SSSR count). The number of rotatable bonds is 2. The lowest BCUT2D eigenvalue weighted by atomic mass is 10.1. The zero-order chi connectivity index (χ0) is 12.5. The molecular formula is C14H14N2O2. The van der Waals surface area contributed by atoms with Gasteiger partial charge in [0.25, 0.3) is 0 Å². The molecule has 92 valence electrons. The summed E-state index contributed by atoms with van der Waals surface area (Å²) in [5, 5.41) is 11.7. The van der Waals surface area contributed by atoms with Crippen molar-refractivity contribution in [1.82, 2.24) is 9.88 Å². The second kappa shape index (κ2) is 4.38. The summed E-state index contributed by atoms with van der Waals surface area (Å²) in [6.45, 7) is 0.984. The van der Waals surface area contributed by atoms with Gasteiger partial charge < -0.3 is 10.0 Å². The summed E-state index contributed by atoms with van der Waals surface area (Å²) in [6, 6.07) is 7.95. The van der Waals surface area contributed by atoms with Crippen LogP contribution in [-0.4, -0.2) is 33.5 Å². The zero-order valence-electron chi connectivity index (χ0n) is 9.91. The Morgan fingerprint density at radius 2 is 2.28 bits per heavy atom. The number of pyridine rings is 1. The molecule has 1 aromatic heterocycles. The molecule has 4 nitrogen and oxygen atoms in total. The van der Waals surface area contributed by atoms with Crippen LogP contribution in [0.5, 0.6) is 0 Å². The summed E-state index contributed by atoms with van der Waals surface area (Å²) in [4.78, 5) is 17.5. The highest BCUT2D eigenvalue weighted by Gasteiger charge is 2.27. The van der Waals surface area contributed by atoms with Crippen LogP contribution >= 0.6 is 0 Å². The van der Waals surface area contributed by atoms with Gasteiger partial charge in [0.05, 0.1) is 12.5 Å². The third kappa shape index (κ3) is 1.95. The first-order valence-corrected chi connectivity index (χ1v) is 6.01. The van der Waals surface area contributed by atoms with Gasteiger partial charge in [0.15, 0.2) is 0 Å². The third-order valence-corrected chi connectivity index (χ3v) is 3.33. The van der Waals surface area contributed by atoms with Crippen molar-refractivity contribution in [3.8, 4) is 0 Å². The van der Waals surface area contributed by atoms with E-state index in [0.29, 0.717) is 13.1 Å². The maximum absolute atomic E-state index is 11.7. The van der Waals surface area contributed by atoms with E-state index in [2.05, 4.69) is 4.98 Å². The molecule has 18 heavy (non-hydrogen) atoms. The van der Waals surface area contributed by atoms with E-state index >= 15 is 0 Å². The van der Waals surface area contributed by atoms with Crippen molar-refractivity contribution in [3.05, 3.63) is 42.2 Å². The van der Waals surface area contributed by atoms with Crippen molar-refractivity contribution < 1.29 is 9.90 Å². The zero-order valence-corrected chi connectivity index (χ0v) is 9.91. The van der Waals surface area contributed by atoms with Gasteiger partial charge in [0.1, 0.15) is 0 Å². The normalized spacial score (nSPS) is 19.7. The van der Waals surface area contributed by atoms with Gasteiger partial charge in [-0.15, -0.1) is 0 Å². The number of carbonyl (C=O) groups is 1. The van der Waals surface area contributed by atoms with Gasteiger partial charge in [-0.2, -0.15) is 0 Å². The summed E-state index contributed by atoms with van der Waals surface area (Å²) in [5.74, 6) is 0.0218. The van der Waals surface area contributed by atoms with Crippen LogP contribution in [0.2, 0.25) is 0 Å². The number of fused-ring (bicyclic) bond motifs is 1. The number of likely N-dealkylation sites (tertiary alicyclic amines) is 1. The maximum Gasteiger partial charge on any atom is 0.225 e. The number of aliphatic hydroxyl groups is 1. The average molecular weight is 242 g/mol. The monoisotopic (exact) mass is 242 g/mol. The SMILES string of the molecule is O=C1CC(O)CN1Cc1cccc2cnccc12. The highest BCUT2D eigenvalue weighted by atomic mass is 16.3. The molecule has 1 aromatic carbocycles. The largest absolute Gasteiger partial charge is 0.391 e. The molecular weight excluding hydrogens is 228 g/mol. The molecule has 0 spiro atoms. The van der Waals surface area contributed by atoms with E-state index in [1.54, 1.807) is 11.1 Å². The quantitative estimate of drug-likeness (QED) is 0.864. The Morgan fingerprint density at radius 3 is 3.06 bits per heavy atom. The minimum Gasteiger partial charge on any atom is -0.391 e. The molecule has 1 N–H and O–H groups in total. The Labute approximate surface area is 105 Å². The highest BCUT2D eigenvalue weighted by Crippen LogP contribution is 2.21. The van der Waals surface area contributed by atoms with Crippen molar-refractivity contribution in [2.45, 2.75) is 19.1 Å². The Kier molecular flexibility index (Phi) is 2.72. The van der Waals surface area contributed by atoms with Crippen LogP contribution in [0.25, 0.3) is 10.8 Å². The van der Waals surface area contributed by atoms with Crippen molar-refractivity contribution in [1.29, 1.82) is 0 Å². The van der Waals surface area contributed by atoms with E-state index < -0.39 is 6.10 Å². The van der Waals surface area contributed by atoms with Gasteiger partial charge in [0.2, 0.25) is 5.91 Å². The lowest BCUT2D eigenvalue weighted by molar-refractivity contribution is -0.128. The van der Waals surface area contributed by atoms with Gasteiger partial charge in [-0.3, -0.25) is 9.78 Å². The highest BCUT2D eigenvalue weighted by molar-refractivity contribution is 5.85. The summed E-state index contributed by atoms with van der Waals surface area (Å²) in [6.07, 6.45) is 3.30. The number of β-amino-alcohol motifs (C(OH)–C–C–N with tert-alkyl or cyclic N) is 1. The second-order valence-electron chi connectivity index (χ2n) is 4.65. The summed E-state index contributed by atoms with van der Waals surface area (Å²) < 4.78 is 0. The molecule has 1 amide bonds. The van der Waals surface area contributed by atoms with E-state index in [4.69, 9.17) is 0 Å². The van der Waals surface area contributed by atoms with E-state index in [9.17, 15) is 9.90 Å². The van der Waals surface area contributed by atoms with Crippen LogP contribution in [0.3, 0.4) is 0 Å². The first-order valence-electron chi connectivity index (χ1n) is 6.01. The summed E-state index contributed by atoms with van der Waals surface area (Å²) >= 11 is 0. The molecule has 1 atom stereocenters. The van der Waals surface area contributed by atoms with Crippen LogP contribution in [0.1, 0.15) is 12.0 Å². The number of nitrogens with zero attached hydrogens (tertiary/aromatic N) is 2. The third-order valence-electron chi connectivity index (χ3n) is 3.33. The van der Waals surface area contributed by atoms with E-state index in [0.717, 1.165) is 16.3 Å². The topological polar surface area (TPSA) is 53.4 Å². The molecule has 1 fully saturated rings. The van der Waals surface area contributed by atoms with Gasteiger partial charge in [-0.25, -0.2) is 0 Å². The minimum absolute atomic E-state index is 0.0218. The Bertz CT molecular complexity index is 592. The van der Waals surface area contributed by atoms with Crippen LogP contribution in [0, 0.1) is 0 Å². The molecule has 4 heteroatoms. The molecule has 2 heterocycles. The Balaban J connectivity index is 1.93. The molecule has 1 saturated heterocycles. The van der Waals surface area contributed by atoms with Crippen LogP contribution < -0.4 is 0 Å². The molecule has 0 bridgehead atoms. The van der Waals surface area contributed by atoms with Crippen molar-refractivity contribution in [3.63, 3.8) is 0 Å². The van der Waals surface area contributed by atoms with Crippen molar-refractivity contribution >= 4 is 16.7 Å². The lowest BCUT2D eigenvalue weighted by Crippen LogP contribution is -2.25. The molecule has 0 saturated carbocycles. The smallest absolute Gasteiger partial charge is 0.225 e. The van der Waals surface area contributed by atoms with Gasteiger partial charge in [-0.05, 0) is 17.0 Å².